The number of amides is 1. The Balaban J connectivity index is 2.01. The molecule has 1 atom stereocenters. The minimum Gasteiger partial charge on any atom is -0.503 e. The molecule has 3 rings (SSSR count). The summed E-state index contributed by atoms with van der Waals surface area (Å²) in [5.41, 5.74) is 0.207. The third kappa shape index (κ3) is 3.37. The van der Waals surface area contributed by atoms with Crippen molar-refractivity contribution in [3.63, 3.8) is 0 Å². The van der Waals surface area contributed by atoms with Crippen molar-refractivity contribution in [2.75, 3.05) is 0 Å². The average Bonchev–Trinajstić information content (AvgIpc) is 3.10. The predicted molar refractivity (Wildman–Crippen MR) is 94.0 cm³/mol. The topological polar surface area (TPSA) is 70.8 Å². The predicted octanol–water partition coefficient (Wildman–Crippen LogP) is 4.23. The van der Waals surface area contributed by atoms with Gasteiger partial charge in [-0.2, -0.15) is 0 Å². The van der Waals surface area contributed by atoms with Gasteiger partial charge in [0, 0.05) is 12.5 Å². The molecule has 5 heteroatoms. The number of rotatable bonds is 5. The molecule has 136 valence electrons. The summed E-state index contributed by atoms with van der Waals surface area (Å²) in [6.07, 6.45) is 5.41. The van der Waals surface area contributed by atoms with Gasteiger partial charge in [0.15, 0.2) is 11.5 Å². The van der Waals surface area contributed by atoms with Gasteiger partial charge in [0.05, 0.1) is 5.57 Å². The summed E-state index contributed by atoms with van der Waals surface area (Å²) in [5.74, 6) is 0.456. The fourth-order valence-electron chi connectivity index (χ4n) is 4.00. The van der Waals surface area contributed by atoms with Crippen LogP contribution in [0.4, 0.5) is 0 Å². The van der Waals surface area contributed by atoms with Crippen LogP contribution in [0.5, 0.6) is 0 Å². The summed E-state index contributed by atoms with van der Waals surface area (Å²) in [6.45, 7) is 5.75. The number of furan rings is 1. The molecular weight excluding hydrogens is 318 g/mol. The second-order valence-electron chi connectivity index (χ2n) is 7.64. The maximum absolute atomic E-state index is 12.8. The normalized spacial score (nSPS) is 22.3. The van der Waals surface area contributed by atoms with Crippen molar-refractivity contribution in [3.05, 3.63) is 35.0 Å². The summed E-state index contributed by atoms with van der Waals surface area (Å²) in [4.78, 5) is 27.3. The molecule has 1 aromatic heterocycles. The first-order valence-corrected chi connectivity index (χ1v) is 9.25. The van der Waals surface area contributed by atoms with E-state index in [4.69, 9.17) is 4.42 Å². The number of hydrogen-bond donors (Lipinski definition) is 1. The van der Waals surface area contributed by atoms with E-state index in [1.54, 1.807) is 4.90 Å². The van der Waals surface area contributed by atoms with Crippen LogP contribution in [0.1, 0.15) is 69.9 Å². The van der Waals surface area contributed by atoms with E-state index in [0.29, 0.717) is 12.2 Å². The standard InChI is InChI=1S/C20H27NO4/c1-12(2)11-15(22)17-18(16-10-9-13(3)25-16)21(20(24)19(17)23)14-7-5-4-6-8-14/h9-10,12,14,18,23H,4-8,11H2,1-3H3. The fourth-order valence-corrected chi connectivity index (χ4v) is 4.00. The van der Waals surface area contributed by atoms with E-state index in [1.165, 1.54) is 6.42 Å². The monoisotopic (exact) mass is 345 g/mol. The van der Waals surface area contributed by atoms with Crippen LogP contribution in [0.15, 0.2) is 27.9 Å². The quantitative estimate of drug-likeness (QED) is 0.867. The zero-order valence-electron chi connectivity index (χ0n) is 15.2. The van der Waals surface area contributed by atoms with E-state index in [0.717, 1.165) is 31.4 Å². The number of ketones is 1. The van der Waals surface area contributed by atoms with Gasteiger partial charge in [-0.15, -0.1) is 0 Å². The largest absolute Gasteiger partial charge is 0.503 e. The van der Waals surface area contributed by atoms with Crippen LogP contribution < -0.4 is 0 Å². The minimum absolute atomic E-state index is 0.0446. The summed E-state index contributed by atoms with van der Waals surface area (Å²) in [7, 11) is 0. The number of aryl methyl sites for hydroxylation is 1. The number of carbonyl (C=O) groups is 2. The van der Waals surface area contributed by atoms with Gasteiger partial charge in [0.25, 0.3) is 5.91 Å². The molecule has 1 aliphatic heterocycles. The molecule has 1 aliphatic carbocycles. The van der Waals surface area contributed by atoms with Gasteiger partial charge in [-0.3, -0.25) is 9.59 Å². The highest BCUT2D eigenvalue weighted by atomic mass is 16.3. The van der Waals surface area contributed by atoms with Gasteiger partial charge in [0.1, 0.15) is 17.6 Å². The Morgan fingerprint density at radius 2 is 1.96 bits per heavy atom. The van der Waals surface area contributed by atoms with Crippen molar-refractivity contribution in [1.29, 1.82) is 0 Å². The summed E-state index contributed by atoms with van der Waals surface area (Å²) in [6, 6.07) is 3.09. The lowest BCUT2D eigenvalue weighted by molar-refractivity contribution is -0.132. The van der Waals surface area contributed by atoms with Crippen molar-refractivity contribution in [3.8, 4) is 0 Å². The zero-order valence-corrected chi connectivity index (χ0v) is 15.2. The first-order chi connectivity index (χ1) is 11.9. The zero-order chi connectivity index (χ0) is 18.1. The van der Waals surface area contributed by atoms with Gasteiger partial charge in [0.2, 0.25) is 0 Å². The van der Waals surface area contributed by atoms with E-state index in [9.17, 15) is 14.7 Å². The molecule has 1 N–H and O–H groups in total. The van der Waals surface area contributed by atoms with Gasteiger partial charge < -0.3 is 14.4 Å². The van der Waals surface area contributed by atoms with E-state index in [1.807, 2.05) is 32.9 Å². The molecule has 5 nitrogen and oxygen atoms in total. The van der Waals surface area contributed by atoms with Crippen molar-refractivity contribution >= 4 is 11.7 Å². The molecule has 25 heavy (non-hydrogen) atoms. The lowest BCUT2D eigenvalue weighted by Gasteiger charge is -2.35. The molecule has 0 spiro atoms. The summed E-state index contributed by atoms with van der Waals surface area (Å²) in [5, 5.41) is 10.5. The Kier molecular flexibility index (Phi) is 5.02. The molecule has 0 bridgehead atoms. The number of aliphatic hydroxyl groups is 1. The van der Waals surface area contributed by atoms with Gasteiger partial charge in [-0.1, -0.05) is 33.1 Å². The Morgan fingerprint density at radius 3 is 2.52 bits per heavy atom. The summed E-state index contributed by atoms with van der Waals surface area (Å²) < 4.78 is 5.78. The second kappa shape index (κ2) is 7.06. The van der Waals surface area contributed by atoms with Crippen LogP contribution in [0.2, 0.25) is 0 Å². The Hall–Kier alpha value is -2.04. The highest BCUT2D eigenvalue weighted by Gasteiger charge is 2.47. The average molecular weight is 345 g/mol. The maximum Gasteiger partial charge on any atom is 0.290 e. The van der Waals surface area contributed by atoms with Crippen molar-refractivity contribution in [2.45, 2.75) is 71.4 Å². The number of carbonyl (C=O) groups excluding carboxylic acids is 2. The van der Waals surface area contributed by atoms with Crippen molar-refractivity contribution < 1.29 is 19.1 Å². The molecule has 1 amide bonds. The first-order valence-electron chi connectivity index (χ1n) is 9.25. The van der Waals surface area contributed by atoms with Crippen LogP contribution in [0.25, 0.3) is 0 Å². The van der Waals surface area contributed by atoms with E-state index in [2.05, 4.69) is 0 Å². The fraction of sp³-hybridized carbons (Fsp3) is 0.600. The lowest BCUT2D eigenvalue weighted by Crippen LogP contribution is -2.41. The van der Waals surface area contributed by atoms with Crippen LogP contribution >= 0.6 is 0 Å². The Bertz CT molecular complexity index is 694. The van der Waals surface area contributed by atoms with Crippen LogP contribution in [-0.4, -0.2) is 27.7 Å². The number of Topliss-reactive ketones (excluding diaryl/α,β-unsaturated/α-hetero) is 1. The van der Waals surface area contributed by atoms with E-state index in [-0.39, 0.29) is 23.3 Å². The number of hydrogen-bond acceptors (Lipinski definition) is 4. The molecule has 1 unspecified atom stereocenters. The third-order valence-electron chi connectivity index (χ3n) is 5.14. The van der Waals surface area contributed by atoms with Gasteiger partial charge in [-0.25, -0.2) is 0 Å². The molecule has 1 saturated carbocycles. The molecule has 2 aliphatic rings. The number of nitrogens with zero attached hydrogens (tertiary/aromatic N) is 1. The molecule has 1 aromatic rings. The van der Waals surface area contributed by atoms with Crippen molar-refractivity contribution in [1.82, 2.24) is 4.90 Å². The van der Waals surface area contributed by atoms with E-state index >= 15 is 0 Å². The smallest absolute Gasteiger partial charge is 0.290 e. The lowest BCUT2D eigenvalue weighted by atomic mass is 9.91. The maximum atomic E-state index is 12.8. The van der Waals surface area contributed by atoms with Crippen LogP contribution in [-0.2, 0) is 9.59 Å². The van der Waals surface area contributed by atoms with E-state index < -0.39 is 17.7 Å². The van der Waals surface area contributed by atoms with Crippen molar-refractivity contribution in [2.24, 2.45) is 5.92 Å². The van der Waals surface area contributed by atoms with Gasteiger partial charge in [-0.05, 0) is 37.8 Å². The highest BCUT2D eigenvalue weighted by Crippen LogP contribution is 2.43. The third-order valence-corrected chi connectivity index (χ3v) is 5.14. The van der Waals surface area contributed by atoms with Crippen LogP contribution in [0, 0.1) is 12.8 Å². The molecule has 0 aromatic carbocycles. The molecule has 0 radical (unpaired) electrons. The Morgan fingerprint density at radius 1 is 1.28 bits per heavy atom. The highest BCUT2D eigenvalue weighted by molar-refractivity contribution is 6.09. The number of aliphatic hydroxyl groups excluding tert-OH is 1. The molecule has 0 saturated heterocycles. The van der Waals surface area contributed by atoms with Gasteiger partial charge >= 0.3 is 0 Å². The molecule has 1 fully saturated rings. The second-order valence-corrected chi connectivity index (χ2v) is 7.64. The van der Waals surface area contributed by atoms with Crippen LogP contribution in [0.3, 0.4) is 0 Å². The first kappa shape index (κ1) is 17.8. The summed E-state index contributed by atoms with van der Waals surface area (Å²) >= 11 is 0. The molecular formula is C20H27NO4. The molecule has 2 heterocycles. The minimum atomic E-state index is -0.601. The Labute approximate surface area is 148 Å². The SMILES string of the molecule is Cc1ccc(C2C(C(=O)CC(C)C)=C(O)C(=O)N2C2CCCCC2)o1.